The van der Waals surface area contributed by atoms with E-state index in [1.807, 2.05) is 13.1 Å². The van der Waals surface area contributed by atoms with Crippen LogP contribution in [0.3, 0.4) is 0 Å². The summed E-state index contributed by atoms with van der Waals surface area (Å²) in [7, 11) is 0. The number of aromatic amines is 1. The fourth-order valence-corrected chi connectivity index (χ4v) is 3.52. The largest absolute Gasteiger partial charge is 0.309 e. The van der Waals surface area contributed by atoms with E-state index in [0.717, 1.165) is 29.4 Å². The van der Waals surface area contributed by atoms with Crippen molar-refractivity contribution in [2.45, 2.75) is 39.8 Å². The fraction of sp³-hybridized carbons (Fsp3) is 0.333. The maximum absolute atomic E-state index is 4.57. The predicted octanol–water partition coefficient (Wildman–Crippen LogP) is 3.87. The van der Waals surface area contributed by atoms with E-state index < -0.39 is 0 Å². The lowest BCUT2D eigenvalue weighted by Gasteiger charge is -2.11. The molecule has 2 N–H and O–H groups in total. The number of rotatable bonds is 6. The van der Waals surface area contributed by atoms with Crippen LogP contribution in [0.25, 0.3) is 10.6 Å². The molecule has 2 aromatic heterocycles. The molecule has 1 aromatic carbocycles. The molecule has 2 heterocycles. The third-order valence-corrected chi connectivity index (χ3v) is 4.86. The molecule has 23 heavy (non-hydrogen) atoms. The molecule has 0 aliphatic carbocycles. The fourth-order valence-electron chi connectivity index (χ4n) is 2.57. The SMILES string of the molecule is Cc1cc(C[C@H](C)NCc2cnc(-c3ccccc3C)s2)n[nH]1. The van der Waals surface area contributed by atoms with Crippen molar-refractivity contribution >= 4 is 11.3 Å². The molecule has 0 spiro atoms. The van der Waals surface area contributed by atoms with Crippen LogP contribution in [-0.2, 0) is 13.0 Å². The Labute approximate surface area is 141 Å². The molecule has 120 valence electrons. The minimum Gasteiger partial charge on any atom is -0.309 e. The second-order valence-electron chi connectivity index (χ2n) is 5.98. The summed E-state index contributed by atoms with van der Waals surface area (Å²) >= 11 is 1.76. The molecule has 0 unspecified atom stereocenters. The van der Waals surface area contributed by atoms with E-state index in [4.69, 9.17) is 0 Å². The van der Waals surface area contributed by atoms with Crippen molar-refractivity contribution in [2.24, 2.45) is 0 Å². The van der Waals surface area contributed by atoms with E-state index >= 15 is 0 Å². The minimum absolute atomic E-state index is 0.377. The van der Waals surface area contributed by atoms with Crippen molar-refractivity contribution in [3.63, 3.8) is 0 Å². The molecule has 0 amide bonds. The average molecular weight is 326 g/mol. The molecule has 0 aliphatic heterocycles. The highest BCUT2D eigenvalue weighted by molar-refractivity contribution is 7.15. The molecule has 5 heteroatoms. The highest BCUT2D eigenvalue weighted by atomic mass is 32.1. The number of hydrogen-bond acceptors (Lipinski definition) is 4. The number of nitrogens with one attached hydrogen (secondary N) is 2. The molecule has 3 rings (SSSR count). The normalized spacial score (nSPS) is 12.5. The standard InChI is InChI=1S/C18H22N4S/c1-12-6-4-5-7-17(12)18-20-11-16(23-18)10-19-13(2)8-15-9-14(3)21-22-15/h4-7,9,11,13,19H,8,10H2,1-3H3,(H,21,22)/t13-/m0/s1. The van der Waals surface area contributed by atoms with E-state index in [0.29, 0.717) is 6.04 Å². The van der Waals surface area contributed by atoms with Crippen molar-refractivity contribution in [1.29, 1.82) is 0 Å². The van der Waals surface area contributed by atoms with Crippen LogP contribution in [0.4, 0.5) is 0 Å². The zero-order valence-corrected chi connectivity index (χ0v) is 14.6. The maximum atomic E-state index is 4.57. The number of hydrogen-bond donors (Lipinski definition) is 2. The van der Waals surface area contributed by atoms with Gasteiger partial charge in [-0.05, 0) is 32.4 Å². The number of H-pyrrole nitrogens is 1. The second-order valence-corrected chi connectivity index (χ2v) is 7.09. The smallest absolute Gasteiger partial charge is 0.123 e. The Balaban J connectivity index is 1.58. The summed E-state index contributed by atoms with van der Waals surface area (Å²) in [5, 5.41) is 11.9. The first-order valence-corrected chi connectivity index (χ1v) is 8.68. The average Bonchev–Trinajstić information content (AvgIpc) is 3.15. The summed E-state index contributed by atoms with van der Waals surface area (Å²) in [6, 6.07) is 10.9. The van der Waals surface area contributed by atoms with Crippen LogP contribution in [-0.4, -0.2) is 21.2 Å². The molecule has 3 aromatic rings. The summed E-state index contributed by atoms with van der Waals surface area (Å²) in [4.78, 5) is 5.83. The molecule has 0 saturated carbocycles. The summed E-state index contributed by atoms with van der Waals surface area (Å²) in [6.07, 6.45) is 2.90. The molecule has 0 fully saturated rings. The molecule has 1 atom stereocenters. The third kappa shape index (κ3) is 4.06. The Kier molecular flexibility index (Phi) is 4.88. The Morgan fingerprint density at radius 1 is 1.26 bits per heavy atom. The van der Waals surface area contributed by atoms with Crippen molar-refractivity contribution in [3.05, 3.63) is 58.4 Å². The Morgan fingerprint density at radius 2 is 2.09 bits per heavy atom. The maximum Gasteiger partial charge on any atom is 0.123 e. The Morgan fingerprint density at radius 3 is 2.83 bits per heavy atom. The van der Waals surface area contributed by atoms with Crippen LogP contribution in [0.5, 0.6) is 0 Å². The van der Waals surface area contributed by atoms with Gasteiger partial charge >= 0.3 is 0 Å². The highest BCUT2D eigenvalue weighted by Crippen LogP contribution is 2.27. The van der Waals surface area contributed by atoms with E-state index in [1.54, 1.807) is 11.3 Å². The van der Waals surface area contributed by atoms with Crippen molar-refractivity contribution in [1.82, 2.24) is 20.5 Å². The van der Waals surface area contributed by atoms with Crippen molar-refractivity contribution < 1.29 is 0 Å². The van der Waals surface area contributed by atoms with Crippen LogP contribution >= 0.6 is 11.3 Å². The van der Waals surface area contributed by atoms with Crippen LogP contribution in [0.15, 0.2) is 36.5 Å². The van der Waals surface area contributed by atoms with Gasteiger partial charge in [0.05, 0.1) is 5.69 Å². The van der Waals surface area contributed by atoms with Gasteiger partial charge in [0.15, 0.2) is 0 Å². The summed E-state index contributed by atoms with van der Waals surface area (Å²) in [5.74, 6) is 0. The summed E-state index contributed by atoms with van der Waals surface area (Å²) < 4.78 is 0. The minimum atomic E-state index is 0.377. The van der Waals surface area contributed by atoms with Gasteiger partial charge in [-0.3, -0.25) is 5.10 Å². The first-order chi connectivity index (χ1) is 11.1. The molecule has 0 saturated heterocycles. The number of aromatic nitrogens is 3. The first-order valence-electron chi connectivity index (χ1n) is 7.87. The zero-order valence-electron chi connectivity index (χ0n) is 13.8. The zero-order chi connectivity index (χ0) is 16.2. The molecule has 0 aliphatic rings. The first kappa shape index (κ1) is 15.9. The van der Waals surface area contributed by atoms with Crippen LogP contribution in [0, 0.1) is 13.8 Å². The second kappa shape index (κ2) is 7.06. The van der Waals surface area contributed by atoms with Gasteiger partial charge in [0.1, 0.15) is 5.01 Å². The van der Waals surface area contributed by atoms with E-state index in [9.17, 15) is 0 Å². The van der Waals surface area contributed by atoms with Crippen LogP contribution in [0.2, 0.25) is 0 Å². The van der Waals surface area contributed by atoms with Crippen LogP contribution < -0.4 is 5.32 Å². The lowest BCUT2D eigenvalue weighted by Crippen LogP contribution is -2.27. The van der Waals surface area contributed by atoms with Gasteiger partial charge in [0.25, 0.3) is 0 Å². The topological polar surface area (TPSA) is 53.6 Å². The Bertz CT molecular complexity index is 775. The lowest BCUT2D eigenvalue weighted by atomic mass is 10.1. The van der Waals surface area contributed by atoms with Gasteiger partial charge in [-0.15, -0.1) is 11.3 Å². The lowest BCUT2D eigenvalue weighted by molar-refractivity contribution is 0.542. The van der Waals surface area contributed by atoms with E-state index in [1.165, 1.54) is 16.0 Å². The van der Waals surface area contributed by atoms with E-state index in [-0.39, 0.29) is 0 Å². The van der Waals surface area contributed by atoms with Gasteiger partial charge in [-0.1, -0.05) is 24.3 Å². The number of benzene rings is 1. The van der Waals surface area contributed by atoms with Gasteiger partial charge in [-0.25, -0.2) is 4.98 Å². The number of aryl methyl sites for hydroxylation is 2. The molecule has 0 radical (unpaired) electrons. The van der Waals surface area contributed by atoms with Gasteiger partial charge in [0, 0.05) is 41.3 Å². The number of thiazole rings is 1. The highest BCUT2D eigenvalue weighted by Gasteiger charge is 2.09. The monoisotopic (exact) mass is 326 g/mol. The van der Waals surface area contributed by atoms with E-state index in [2.05, 4.69) is 64.7 Å². The molecular weight excluding hydrogens is 304 g/mol. The predicted molar refractivity (Wildman–Crippen MR) is 95.6 cm³/mol. The Hall–Kier alpha value is -1.98. The molecule has 4 nitrogen and oxygen atoms in total. The van der Waals surface area contributed by atoms with Gasteiger partial charge in [-0.2, -0.15) is 5.10 Å². The van der Waals surface area contributed by atoms with Gasteiger partial charge in [0.2, 0.25) is 0 Å². The number of nitrogens with zero attached hydrogens (tertiary/aromatic N) is 2. The third-order valence-electron chi connectivity index (χ3n) is 3.83. The molecular formula is C18H22N4S. The van der Waals surface area contributed by atoms with Gasteiger partial charge < -0.3 is 5.32 Å². The van der Waals surface area contributed by atoms with Crippen molar-refractivity contribution in [3.8, 4) is 10.6 Å². The summed E-state index contributed by atoms with van der Waals surface area (Å²) in [6.45, 7) is 7.18. The van der Waals surface area contributed by atoms with Crippen LogP contribution in [0.1, 0.15) is 28.8 Å². The van der Waals surface area contributed by atoms with Crippen molar-refractivity contribution in [2.75, 3.05) is 0 Å². The quantitative estimate of drug-likeness (QED) is 0.723. The summed E-state index contributed by atoms with van der Waals surface area (Å²) in [5.41, 5.74) is 4.71. The molecule has 0 bridgehead atoms.